The number of carbonyl (C=O) groups excluding carboxylic acids is 1. The third kappa shape index (κ3) is 3.40. The number of rotatable bonds is 5. The highest BCUT2D eigenvalue weighted by Gasteiger charge is 2.34. The van der Waals surface area contributed by atoms with E-state index < -0.39 is 0 Å². The number of likely N-dealkylation sites (N-methyl/N-ethyl adjacent to an activating group) is 1. The van der Waals surface area contributed by atoms with Gasteiger partial charge in [0.15, 0.2) is 0 Å². The minimum atomic E-state index is -0.272. The summed E-state index contributed by atoms with van der Waals surface area (Å²) in [5, 5.41) is 2.06. The Hall–Kier alpha value is -0.880. The number of hydrogen-bond acceptors (Lipinski definition) is 5. The Morgan fingerprint density at radius 2 is 2.42 bits per heavy atom. The summed E-state index contributed by atoms with van der Waals surface area (Å²) in [7, 11) is 4.05. The summed E-state index contributed by atoms with van der Waals surface area (Å²) in [6, 6.07) is 0.179. The van der Waals surface area contributed by atoms with Gasteiger partial charge in [-0.05, 0) is 36.8 Å². The highest BCUT2D eigenvalue weighted by Crippen LogP contribution is 2.43. The average Bonchev–Trinajstić information content (AvgIpc) is 3.12. The van der Waals surface area contributed by atoms with Gasteiger partial charge in [-0.1, -0.05) is 9.24 Å². The van der Waals surface area contributed by atoms with Crippen molar-refractivity contribution < 1.29 is 9.18 Å². The van der Waals surface area contributed by atoms with E-state index in [-0.39, 0.29) is 17.5 Å². The second-order valence-electron chi connectivity index (χ2n) is 5.78. The predicted molar refractivity (Wildman–Crippen MR) is 102 cm³/mol. The first kappa shape index (κ1) is 17.9. The molecule has 3 heterocycles. The fourth-order valence-corrected chi connectivity index (χ4v) is 5.49. The molecule has 0 fully saturated rings. The van der Waals surface area contributed by atoms with Gasteiger partial charge in [-0.25, -0.2) is 9.40 Å². The molecule has 0 radical (unpaired) electrons. The van der Waals surface area contributed by atoms with Crippen molar-refractivity contribution in [2.75, 3.05) is 26.4 Å². The quantitative estimate of drug-likeness (QED) is 0.621. The van der Waals surface area contributed by atoms with Crippen molar-refractivity contribution in [3.63, 3.8) is 0 Å². The first-order valence-electron chi connectivity index (χ1n) is 7.78. The Morgan fingerprint density at radius 1 is 1.62 bits per heavy atom. The second kappa shape index (κ2) is 7.56. The van der Waals surface area contributed by atoms with Crippen LogP contribution in [0.25, 0.3) is 0 Å². The molecule has 0 saturated heterocycles. The smallest absolute Gasteiger partial charge is 0.256 e. The standard InChI is InChI=1S/C16H21FN3OPS2/c1-19-11(5-7-18-19)14-10-6-9-20(8-3-4-12(17)22)15(21)13(10)16(23-2)24-14/h4-5,7,11,18H,3,6,8-9,22H2,1-2H3/b12-4-. The van der Waals surface area contributed by atoms with E-state index >= 15 is 0 Å². The molecule has 24 heavy (non-hydrogen) atoms. The molecule has 8 heteroatoms. The molecule has 2 unspecified atom stereocenters. The van der Waals surface area contributed by atoms with Crippen LogP contribution in [-0.2, 0) is 6.42 Å². The van der Waals surface area contributed by atoms with Crippen LogP contribution in [0.2, 0.25) is 0 Å². The van der Waals surface area contributed by atoms with Crippen LogP contribution in [0.15, 0.2) is 28.1 Å². The summed E-state index contributed by atoms with van der Waals surface area (Å²) in [5.41, 5.74) is 4.94. The van der Waals surface area contributed by atoms with Gasteiger partial charge in [0.05, 0.1) is 15.8 Å². The van der Waals surface area contributed by atoms with Crippen molar-refractivity contribution in [3.8, 4) is 0 Å². The van der Waals surface area contributed by atoms with E-state index in [1.165, 1.54) is 16.5 Å². The highest BCUT2D eigenvalue weighted by atomic mass is 32.2. The first-order valence-corrected chi connectivity index (χ1v) is 10.4. The summed E-state index contributed by atoms with van der Waals surface area (Å²) in [6.07, 6.45) is 8.99. The number of nitrogens with zero attached hydrogens (tertiary/aromatic N) is 2. The highest BCUT2D eigenvalue weighted by molar-refractivity contribution is 8.00. The second-order valence-corrected chi connectivity index (χ2v) is 8.45. The van der Waals surface area contributed by atoms with Crippen molar-refractivity contribution in [1.82, 2.24) is 15.3 Å². The monoisotopic (exact) mass is 385 g/mol. The summed E-state index contributed by atoms with van der Waals surface area (Å²) >= 11 is 3.35. The van der Waals surface area contributed by atoms with Crippen molar-refractivity contribution in [2.24, 2.45) is 0 Å². The number of nitrogens with one attached hydrogen (secondary N) is 1. The number of fused-ring (bicyclic) bond motifs is 1. The number of hydrogen-bond donors (Lipinski definition) is 1. The molecule has 2 aliphatic rings. The average molecular weight is 385 g/mol. The third-order valence-electron chi connectivity index (χ3n) is 4.31. The molecule has 0 saturated carbocycles. The molecule has 2 aliphatic heterocycles. The maximum Gasteiger partial charge on any atom is 0.256 e. The predicted octanol–water partition coefficient (Wildman–Crippen LogP) is 3.55. The Kier molecular flexibility index (Phi) is 5.65. The molecule has 0 bridgehead atoms. The van der Waals surface area contributed by atoms with Gasteiger partial charge in [-0.2, -0.15) is 0 Å². The molecule has 2 atom stereocenters. The van der Waals surface area contributed by atoms with Crippen LogP contribution in [0.5, 0.6) is 0 Å². The van der Waals surface area contributed by atoms with Crippen molar-refractivity contribution >= 4 is 38.2 Å². The molecule has 0 aliphatic carbocycles. The zero-order valence-corrected chi connectivity index (χ0v) is 16.5. The van der Waals surface area contributed by atoms with Crippen LogP contribution in [0.3, 0.4) is 0 Å². The van der Waals surface area contributed by atoms with Crippen LogP contribution in [0.4, 0.5) is 4.39 Å². The van der Waals surface area contributed by atoms with Gasteiger partial charge in [-0.3, -0.25) is 4.79 Å². The summed E-state index contributed by atoms with van der Waals surface area (Å²) in [5.74, 6) is 0.0817. The van der Waals surface area contributed by atoms with Gasteiger partial charge < -0.3 is 10.3 Å². The Balaban J connectivity index is 1.87. The number of hydrazine groups is 1. The molecule has 130 valence electrons. The number of amides is 1. The maximum absolute atomic E-state index is 12.9. The van der Waals surface area contributed by atoms with E-state index in [1.807, 2.05) is 33.6 Å². The molecule has 1 aromatic heterocycles. The van der Waals surface area contributed by atoms with E-state index in [1.54, 1.807) is 23.1 Å². The molecule has 1 amide bonds. The molecule has 3 rings (SSSR count). The lowest BCUT2D eigenvalue weighted by atomic mass is 9.98. The van der Waals surface area contributed by atoms with Gasteiger partial charge in [0, 0.05) is 31.2 Å². The largest absolute Gasteiger partial charge is 0.338 e. The van der Waals surface area contributed by atoms with E-state index in [4.69, 9.17) is 0 Å². The Bertz CT molecular complexity index is 700. The zero-order chi connectivity index (χ0) is 17.3. The summed E-state index contributed by atoms with van der Waals surface area (Å²) in [6.45, 7) is 1.26. The topological polar surface area (TPSA) is 35.6 Å². The SMILES string of the molecule is CSc1sc(C2C=CNN2C)c2c1C(=O)N(CC/C=C(/F)P)CC2. The van der Waals surface area contributed by atoms with Gasteiger partial charge in [-0.15, -0.1) is 23.1 Å². The molecule has 0 spiro atoms. The first-order chi connectivity index (χ1) is 11.5. The fourth-order valence-electron chi connectivity index (χ4n) is 3.11. The number of thiophene rings is 1. The van der Waals surface area contributed by atoms with Crippen LogP contribution >= 0.6 is 32.3 Å². The summed E-state index contributed by atoms with van der Waals surface area (Å²) < 4.78 is 13.9. The lowest BCUT2D eigenvalue weighted by molar-refractivity contribution is 0.0739. The molecular formula is C16H21FN3OPS2. The molecule has 1 N–H and O–H groups in total. The van der Waals surface area contributed by atoms with Crippen molar-refractivity contribution in [2.45, 2.75) is 23.1 Å². The maximum atomic E-state index is 12.9. The van der Waals surface area contributed by atoms with Crippen LogP contribution in [0, 0.1) is 0 Å². The normalized spacial score (nSPS) is 21.3. The van der Waals surface area contributed by atoms with E-state index in [9.17, 15) is 9.18 Å². The number of carbonyl (C=O) groups is 1. The molecule has 1 aromatic rings. The molecule has 4 nitrogen and oxygen atoms in total. The molecular weight excluding hydrogens is 364 g/mol. The van der Waals surface area contributed by atoms with Gasteiger partial charge >= 0.3 is 0 Å². The van der Waals surface area contributed by atoms with Crippen LogP contribution in [0.1, 0.15) is 33.3 Å². The lowest BCUT2D eigenvalue weighted by Crippen LogP contribution is -2.38. The van der Waals surface area contributed by atoms with E-state index in [2.05, 4.69) is 16.5 Å². The van der Waals surface area contributed by atoms with E-state index in [0.29, 0.717) is 19.5 Å². The minimum Gasteiger partial charge on any atom is -0.338 e. The van der Waals surface area contributed by atoms with Crippen molar-refractivity contribution in [1.29, 1.82) is 0 Å². The van der Waals surface area contributed by atoms with Crippen LogP contribution < -0.4 is 5.43 Å². The Morgan fingerprint density at radius 3 is 3.04 bits per heavy atom. The van der Waals surface area contributed by atoms with Crippen LogP contribution in [-0.4, -0.2) is 42.2 Å². The number of thioether (sulfide) groups is 1. The minimum absolute atomic E-state index is 0.0817. The fraction of sp³-hybridized carbons (Fsp3) is 0.438. The Labute approximate surface area is 152 Å². The third-order valence-corrected chi connectivity index (χ3v) is 6.96. The van der Waals surface area contributed by atoms with E-state index in [0.717, 1.165) is 16.2 Å². The summed E-state index contributed by atoms with van der Waals surface area (Å²) in [4.78, 5) is 16.0. The van der Waals surface area contributed by atoms with Gasteiger partial charge in [0.1, 0.15) is 5.57 Å². The number of halogens is 1. The van der Waals surface area contributed by atoms with Gasteiger partial charge in [0.2, 0.25) is 0 Å². The zero-order valence-electron chi connectivity index (χ0n) is 13.7. The molecule has 0 aromatic carbocycles. The van der Waals surface area contributed by atoms with Gasteiger partial charge in [0.25, 0.3) is 5.91 Å². The lowest BCUT2D eigenvalue weighted by Gasteiger charge is -2.28. The van der Waals surface area contributed by atoms with Crippen molar-refractivity contribution in [3.05, 3.63) is 39.9 Å².